The fourth-order valence-electron chi connectivity index (χ4n) is 1.12. The van der Waals surface area contributed by atoms with Crippen molar-refractivity contribution in [2.75, 3.05) is 26.2 Å². The molecule has 0 aromatic carbocycles. The molecule has 4 N–H and O–H groups in total. The normalized spacial score (nSPS) is 14.7. The lowest BCUT2D eigenvalue weighted by molar-refractivity contribution is -0.120. The van der Waals surface area contributed by atoms with Crippen molar-refractivity contribution in [1.29, 1.82) is 0 Å². The second-order valence-electron chi connectivity index (χ2n) is 3.59. The number of carbonyl (C=O) groups excluding carboxylic acids is 2. The van der Waals surface area contributed by atoms with Gasteiger partial charge < -0.3 is 21.1 Å². The van der Waals surface area contributed by atoms with Crippen LogP contribution >= 0.6 is 0 Å². The molecule has 0 radical (unpaired) electrons. The minimum atomic E-state index is -0.823. The zero-order chi connectivity index (χ0) is 11.1. The Morgan fingerprint density at radius 2 is 2.13 bits per heavy atom. The molecule has 1 aliphatic rings. The van der Waals surface area contributed by atoms with E-state index in [-0.39, 0.29) is 12.5 Å². The lowest BCUT2D eigenvalue weighted by Gasteiger charge is -2.05. The Balaban J connectivity index is 1.86. The number of primary amides is 1. The van der Waals surface area contributed by atoms with E-state index in [1.54, 1.807) is 0 Å². The summed E-state index contributed by atoms with van der Waals surface area (Å²) in [5.41, 5.74) is 4.74. The van der Waals surface area contributed by atoms with Crippen molar-refractivity contribution in [2.45, 2.75) is 12.8 Å². The smallest absolute Gasteiger partial charge is 0.404 e. The van der Waals surface area contributed by atoms with E-state index in [2.05, 4.69) is 15.4 Å². The van der Waals surface area contributed by atoms with Gasteiger partial charge in [0.1, 0.15) is 6.61 Å². The maximum atomic E-state index is 11.1. The van der Waals surface area contributed by atoms with Gasteiger partial charge in [0.2, 0.25) is 5.91 Å². The molecular formula is C9H17N3O3. The van der Waals surface area contributed by atoms with Gasteiger partial charge in [0.15, 0.2) is 0 Å². The number of nitrogens with two attached hydrogens (primary N) is 1. The van der Waals surface area contributed by atoms with Gasteiger partial charge in [-0.3, -0.25) is 4.79 Å². The van der Waals surface area contributed by atoms with Crippen molar-refractivity contribution in [3.8, 4) is 0 Å². The zero-order valence-electron chi connectivity index (χ0n) is 8.62. The lowest BCUT2D eigenvalue weighted by Crippen LogP contribution is -2.36. The van der Waals surface area contributed by atoms with E-state index < -0.39 is 6.09 Å². The SMILES string of the molecule is NC(=O)OCCNC(=O)CNCC1CC1. The lowest BCUT2D eigenvalue weighted by atomic mass is 10.4. The van der Waals surface area contributed by atoms with Crippen molar-refractivity contribution >= 4 is 12.0 Å². The molecule has 0 aliphatic heterocycles. The van der Waals surface area contributed by atoms with Crippen LogP contribution in [0.2, 0.25) is 0 Å². The number of rotatable bonds is 7. The number of hydrogen-bond donors (Lipinski definition) is 3. The van der Waals surface area contributed by atoms with E-state index in [9.17, 15) is 9.59 Å². The molecule has 6 nitrogen and oxygen atoms in total. The number of hydrogen-bond acceptors (Lipinski definition) is 4. The van der Waals surface area contributed by atoms with Crippen LogP contribution in [0, 0.1) is 5.92 Å². The van der Waals surface area contributed by atoms with Crippen molar-refractivity contribution in [3.63, 3.8) is 0 Å². The van der Waals surface area contributed by atoms with E-state index >= 15 is 0 Å². The Morgan fingerprint density at radius 1 is 1.40 bits per heavy atom. The fraction of sp³-hybridized carbons (Fsp3) is 0.778. The van der Waals surface area contributed by atoms with Crippen LogP contribution in [0.5, 0.6) is 0 Å². The summed E-state index contributed by atoms with van der Waals surface area (Å²) in [6, 6.07) is 0. The third-order valence-corrected chi connectivity index (χ3v) is 2.08. The summed E-state index contributed by atoms with van der Waals surface area (Å²) in [7, 11) is 0. The highest BCUT2D eigenvalue weighted by atomic mass is 16.5. The zero-order valence-corrected chi connectivity index (χ0v) is 8.62. The first-order chi connectivity index (χ1) is 7.18. The second kappa shape index (κ2) is 6.23. The molecule has 1 fully saturated rings. The second-order valence-corrected chi connectivity index (χ2v) is 3.59. The van der Waals surface area contributed by atoms with E-state index in [1.807, 2.05) is 0 Å². The predicted octanol–water partition coefficient (Wildman–Crippen LogP) is -0.802. The van der Waals surface area contributed by atoms with Crippen LogP contribution in [0.4, 0.5) is 4.79 Å². The van der Waals surface area contributed by atoms with Crippen molar-refractivity contribution < 1.29 is 14.3 Å². The summed E-state index contributed by atoms with van der Waals surface area (Å²) in [4.78, 5) is 21.3. The largest absolute Gasteiger partial charge is 0.448 e. The first kappa shape index (κ1) is 11.8. The third-order valence-electron chi connectivity index (χ3n) is 2.08. The first-order valence-electron chi connectivity index (χ1n) is 5.08. The van der Waals surface area contributed by atoms with Crippen LogP contribution < -0.4 is 16.4 Å². The highest BCUT2D eigenvalue weighted by molar-refractivity contribution is 5.77. The van der Waals surface area contributed by atoms with Gasteiger partial charge in [-0.2, -0.15) is 0 Å². The van der Waals surface area contributed by atoms with Crippen molar-refractivity contribution in [2.24, 2.45) is 11.7 Å². The average Bonchev–Trinajstić information content (AvgIpc) is 2.96. The monoisotopic (exact) mass is 215 g/mol. The minimum Gasteiger partial charge on any atom is -0.448 e. The number of amides is 2. The van der Waals surface area contributed by atoms with E-state index in [0.717, 1.165) is 12.5 Å². The van der Waals surface area contributed by atoms with Gasteiger partial charge in [0.25, 0.3) is 0 Å². The molecule has 0 aromatic heterocycles. The Labute approximate surface area is 88.5 Å². The van der Waals surface area contributed by atoms with Gasteiger partial charge in [0, 0.05) is 0 Å². The molecule has 0 aromatic rings. The van der Waals surface area contributed by atoms with E-state index in [0.29, 0.717) is 13.1 Å². The molecule has 0 atom stereocenters. The fourth-order valence-corrected chi connectivity index (χ4v) is 1.12. The summed E-state index contributed by atoms with van der Waals surface area (Å²) < 4.78 is 4.45. The molecule has 6 heteroatoms. The maximum absolute atomic E-state index is 11.1. The number of ether oxygens (including phenoxy) is 1. The molecule has 1 aliphatic carbocycles. The molecule has 1 rings (SSSR count). The van der Waals surface area contributed by atoms with Gasteiger partial charge in [-0.05, 0) is 25.3 Å². The van der Waals surface area contributed by atoms with Gasteiger partial charge in [-0.15, -0.1) is 0 Å². The molecule has 86 valence electrons. The van der Waals surface area contributed by atoms with Gasteiger partial charge >= 0.3 is 6.09 Å². The molecule has 0 spiro atoms. The summed E-state index contributed by atoms with van der Waals surface area (Å²) in [6.07, 6.45) is 1.71. The minimum absolute atomic E-state index is 0.0938. The van der Waals surface area contributed by atoms with Crippen LogP contribution in [0.15, 0.2) is 0 Å². The highest BCUT2D eigenvalue weighted by Gasteiger charge is 2.20. The Bertz CT molecular complexity index is 229. The highest BCUT2D eigenvalue weighted by Crippen LogP contribution is 2.27. The first-order valence-corrected chi connectivity index (χ1v) is 5.08. The molecule has 0 heterocycles. The molecular weight excluding hydrogens is 198 g/mol. The van der Waals surface area contributed by atoms with Crippen LogP contribution in [0.25, 0.3) is 0 Å². The quantitative estimate of drug-likeness (QED) is 0.484. The van der Waals surface area contributed by atoms with Crippen LogP contribution in [0.3, 0.4) is 0 Å². The van der Waals surface area contributed by atoms with Crippen LogP contribution in [0.1, 0.15) is 12.8 Å². The average molecular weight is 215 g/mol. The molecule has 2 amide bonds. The van der Waals surface area contributed by atoms with Gasteiger partial charge in [0.05, 0.1) is 13.1 Å². The third kappa shape index (κ3) is 6.73. The molecule has 15 heavy (non-hydrogen) atoms. The van der Waals surface area contributed by atoms with E-state index in [1.165, 1.54) is 12.8 Å². The van der Waals surface area contributed by atoms with Gasteiger partial charge in [-0.1, -0.05) is 0 Å². The molecule has 0 saturated heterocycles. The van der Waals surface area contributed by atoms with Crippen molar-refractivity contribution in [3.05, 3.63) is 0 Å². The van der Waals surface area contributed by atoms with Gasteiger partial charge in [-0.25, -0.2) is 4.79 Å². The summed E-state index contributed by atoms with van der Waals surface area (Å²) in [5.74, 6) is 0.666. The molecule has 0 bridgehead atoms. The van der Waals surface area contributed by atoms with Crippen molar-refractivity contribution in [1.82, 2.24) is 10.6 Å². The predicted molar refractivity (Wildman–Crippen MR) is 54.1 cm³/mol. The molecule has 1 saturated carbocycles. The number of nitrogens with one attached hydrogen (secondary N) is 2. The van der Waals surface area contributed by atoms with E-state index in [4.69, 9.17) is 5.73 Å². The van der Waals surface area contributed by atoms with Crippen LogP contribution in [-0.4, -0.2) is 38.2 Å². The Morgan fingerprint density at radius 3 is 2.73 bits per heavy atom. The Hall–Kier alpha value is -1.30. The summed E-state index contributed by atoms with van der Waals surface area (Å²) in [6.45, 7) is 1.63. The topological polar surface area (TPSA) is 93.5 Å². The molecule has 0 unspecified atom stereocenters. The van der Waals surface area contributed by atoms with Crippen LogP contribution in [-0.2, 0) is 9.53 Å². The Kier molecular flexibility index (Phi) is 4.89. The number of carbonyl (C=O) groups is 2. The standard InChI is InChI=1S/C9H17N3O3/c10-9(14)15-4-3-12-8(13)6-11-5-7-1-2-7/h7,11H,1-6H2,(H2,10,14)(H,12,13). The summed E-state index contributed by atoms with van der Waals surface area (Å²) >= 11 is 0. The summed E-state index contributed by atoms with van der Waals surface area (Å²) in [5, 5.41) is 5.65. The maximum Gasteiger partial charge on any atom is 0.404 e.